The van der Waals surface area contributed by atoms with Crippen LogP contribution in [0.3, 0.4) is 0 Å². The number of aromatic nitrogens is 5. The molecule has 2 aromatic heterocycles. The molecule has 2 rings (SSSR count). The maximum Gasteiger partial charge on any atom is 0.105 e. The molecule has 1 N–H and O–H groups in total. The lowest BCUT2D eigenvalue weighted by Gasteiger charge is -2.03. The zero-order chi connectivity index (χ0) is 11.4. The molecule has 0 aromatic carbocycles. The molecule has 6 heteroatoms. The average Bonchev–Trinajstić information content (AvgIpc) is 2.86. The third-order valence-electron chi connectivity index (χ3n) is 2.45. The van der Waals surface area contributed by atoms with Gasteiger partial charge in [0, 0.05) is 38.2 Å². The van der Waals surface area contributed by atoms with Crippen molar-refractivity contribution >= 4 is 0 Å². The largest absolute Gasteiger partial charge is 0.396 e. The number of hydrogen-bond donors (Lipinski definition) is 1. The number of aryl methyl sites for hydroxylation is 3. The van der Waals surface area contributed by atoms with E-state index < -0.39 is 0 Å². The van der Waals surface area contributed by atoms with Gasteiger partial charge in [0.2, 0.25) is 0 Å². The minimum atomic E-state index is 0.110. The van der Waals surface area contributed by atoms with E-state index >= 15 is 0 Å². The van der Waals surface area contributed by atoms with Crippen LogP contribution >= 0.6 is 0 Å². The topological polar surface area (TPSA) is 68.8 Å². The van der Waals surface area contributed by atoms with Gasteiger partial charge in [-0.1, -0.05) is 5.21 Å². The number of imidazole rings is 1. The van der Waals surface area contributed by atoms with E-state index in [1.165, 1.54) is 0 Å². The Morgan fingerprint density at radius 2 is 2.25 bits per heavy atom. The highest BCUT2D eigenvalue weighted by Crippen LogP contribution is 1.98. The quantitative estimate of drug-likeness (QED) is 0.772. The van der Waals surface area contributed by atoms with Crippen LogP contribution < -0.4 is 0 Å². The minimum absolute atomic E-state index is 0.110. The van der Waals surface area contributed by atoms with Crippen molar-refractivity contribution in [3.8, 4) is 0 Å². The molecular formula is C10H15N5O. The summed E-state index contributed by atoms with van der Waals surface area (Å²) in [6, 6.07) is 0. The Kier molecular flexibility index (Phi) is 3.31. The van der Waals surface area contributed by atoms with Gasteiger partial charge >= 0.3 is 0 Å². The molecule has 0 amide bonds. The van der Waals surface area contributed by atoms with Crippen LogP contribution in [0.4, 0.5) is 0 Å². The Hall–Kier alpha value is -1.69. The van der Waals surface area contributed by atoms with E-state index in [1.807, 2.05) is 19.3 Å². The molecule has 16 heavy (non-hydrogen) atoms. The molecule has 2 heterocycles. The summed E-state index contributed by atoms with van der Waals surface area (Å²) in [5, 5.41) is 16.7. The van der Waals surface area contributed by atoms with Crippen LogP contribution in [0.5, 0.6) is 0 Å². The molecule has 0 fully saturated rings. The van der Waals surface area contributed by atoms with Crippen molar-refractivity contribution in [2.24, 2.45) is 0 Å². The summed E-state index contributed by atoms with van der Waals surface area (Å²) in [5.74, 6) is 0.996. The van der Waals surface area contributed by atoms with Gasteiger partial charge in [-0.3, -0.25) is 4.68 Å². The van der Waals surface area contributed by atoms with E-state index in [-0.39, 0.29) is 6.61 Å². The number of aliphatic hydroxyl groups is 1. The number of nitrogens with zero attached hydrogens (tertiary/aromatic N) is 5. The van der Waals surface area contributed by atoms with Gasteiger partial charge in [-0.2, -0.15) is 0 Å². The van der Waals surface area contributed by atoms with Gasteiger partial charge in [-0.15, -0.1) is 5.10 Å². The first-order chi connectivity index (χ1) is 7.79. The summed E-state index contributed by atoms with van der Waals surface area (Å²) in [7, 11) is 0. The van der Waals surface area contributed by atoms with E-state index in [2.05, 4.69) is 19.9 Å². The number of rotatable bonds is 5. The number of hydrogen-bond acceptors (Lipinski definition) is 4. The molecule has 0 aliphatic heterocycles. The summed E-state index contributed by atoms with van der Waals surface area (Å²) in [6.45, 7) is 3.67. The Balaban J connectivity index is 1.92. The molecule has 0 saturated heterocycles. The fourth-order valence-corrected chi connectivity index (χ4v) is 1.53. The predicted octanol–water partition coefficient (Wildman–Crippen LogP) is 0.0180. The lowest BCUT2D eigenvalue weighted by atomic mass is 10.3. The maximum absolute atomic E-state index is 8.76. The highest BCUT2D eigenvalue weighted by molar-refractivity contribution is 4.92. The second kappa shape index (κ2) is 4.89. The molecule has 0 bridgehead atoms. The van der Waals surface area contributed by atoms with E-state index in [1.54, 1.807) is 10.9 Å². The highest BCUT2D eigenvalue weighted by atomic mass is 16.3. The highest BCUT2D eigenvalue weighted by Gasteiger charge is 2.01. The second-order valence-electron chi connectivity index (χ2n) is 3.61. The third kappa shape index (κ3) is 2.46. The average molecular weight is 221 g/mol. The van der Waals surface area contributed by atoms with Crippen LogP contribution in [0.1, 0.15) is 11.5 Å². The van der Waals surface area contributed by atoms with Crippen molar-refractivity contribution in [2.45, 2.75) is 26.4 Å². The van der Waals surface area contributed by atoms with Gasteiger partial charge in [0.1, 0.15) is 5.82 Å². The van der Waals surface area contributed by atoms with Crippen LogP contribution in [0.25, 0.3) is 0 Å². The van der Waals surface area contributed by atoms with Crippen molar-refractivity contribution in [1.29, 1.82) is 0 Å². The third-order valence-corrected chi connectivity index (χ3v) is 2.45. The van der Waals surface area contributed by atoms with Gasteiger partial charge in [0.05, 0.1) is 12.2 Å². The van der Waals surface area contributed by atoms with Gasteiger partial charge < -0.3 is 9.67 Å². The summed E-state index contributed by atoms with van der Waals surface area (Å²) in [4.78, 5) is 4.15. The molecule has 0 saturated carbocycles. The van der Waals surface area contributed by atoms with Crippen LogP contribution in [0.15, 0.2) is 18.6 Å². The van der Waals surface area contributed by atoms with Gasteiger partial charge in [-0.05, 0) is 6.92 Å². The normalized spacial score (nSPS) is 10.9. The monoisotopic (exact) mass is 221 g/mol. The zero-order valence-electron chi connectivity index (χ0n) is 9.24. The zero-order valence-corrected chi connectivity index (χ0v) is 9.24. The van der Waals surface area contributed by atoms with Gasteiger partial charge in [-0.25, -0.2) is 4.98 Å². The smallest absolute Gasteiger partial charge is 0.105 e. The van der Waals surface area contributed by atoms with Crippen LogP contribution in [0, 0.1) is 6.92 Å². The van der Waals surface area contributed by atoms with Crippen molar-refractivity contribution in [3.63, 3.8) is 0 Å². The molecule has 0 unspecified atom stereocenters. The van der Waals surface area contributed by atoms with Crippen LogP contribution in [0.2, 0.25) is 0 Å². The van der Waals surface area contributed by atoms with Crippen LogP contribution in [-0.4, -0.2) is 36.3 Å². The Labute approximate surface area is 93.5 Å². The summed E-state index contributed by atoms with van der Waals surface area (Å²) in [5.41, 5.74) is 0.824. The minimum Gasteiger partial charge on any atom is -0.396 e. The maximum atomic E-state index is 8.76. The van der Waals surface area contributed by atoms with E-state index in [0.717, 1.165) is 24.6 Å². The lowest BCUT2D eigenvalue weighted by molar-refractivity contribution is 0.298. The molecule has 86 valence electrons. The van der Waals surface area contributed by atoms with Gasteiger partial charge in [0.15, 0.2) is 0 Å². The first-order valence-electron chi connectivity index (χ1n) is 5.27. The van der Waals surface area contributed by atoms with Crippen molar-refractivity contribution in [1.82, 2.24) is 24.5 Å². The van der Waals surface area contributed by atoms with Crippen molar-refractivity contribution < 1.29 is 5.11 Å². The standard InChI is InChI=1S/C10H15N5O/c1-9-11-3-4-14(9)5-6-15-8-10(2-7-16)12-13-15/h3-4,8,16H,2,5-7H2,1H3. The SMILES string of the molecule is Cc1nccn1CCn1cc(CCO)nn1. The Morgan fingerprint density at radius 3 is 2.94 bits per heavy atom. The first kappa shape index (κ1) is 10.8. The fourth-order valence-electron chi connectivity index (χ4n) is 1.53. The predicted molar refractivity (Wildman–Crippen MR) is 57.8 cm³/mol. The molecule has 2 aromatic rings. The molecule has 0 radical (unpaired) electrons. The molecule has 0 spiro atoms. The van der Waals surface area contributed by atoms with Crippen LogP contribution in [-0.2, 0) is 19.5 Å². The Bertz CT molecular complexity index is 448. The molecule has 0 aliphatic rings. The molecule has 6 nitrogen and oxygen atoms in total. The molecule has 0 atom stereocenters. The van der Waals surface area contributed by atoms with E-state index in [9.17, 15) is 0 Å². The Morgan fingerprint density at radius 1 is 1.38 bits per heavy atom. The van der Waals surface area contributed by atoms with Crippen molar-refractivity contribution in [3.05, 3.63) is 30.1 Å². The van der Waals surface area contributed by atoms with Gasteiger partial charge in [0.25, 0.3) is 0 Å². The van der Waals surface area contributed by atoms with E-state index in [0.29, 0.717) is 6.42 Å². The van der Waals surface area contributed by atoms with Crippen molar-refractivity contribution in [2.75, 3.05) is 6.61 Å². The summed E-state index contributed by atoms with van der Waals surface area (Å²) in [6.07, 6.45) is 6.15. The summed E-state index contributed by atoms with van der Waals surface area (Å²) >= 11 is 0. The molecular weight excluding hydrogens is 206 g/mol. The summed E-state index contributed by atoms with van der Waals surface area (Å²) < 4.78 is 3.85. The second-order valence-corrected chi connectivity index (χ2v) is 3.61. The fraction of sp³-hybridized carbons (Fsp3) is 0.500. The lowest BCUT2D eigenvalue weighted by Crippen LogP contribution is -2.08. The first-order valence-corrected chi connectivity index (χ1v) is 5.27. The molecule has 0 aliphatic carbocycles. The number of aliphatic hydroxyl groups excluding tert-OH is 1. The van der Waals surface area contributed by atoms with E-state index in [4.69, 9.17) is 5.11 Å².